The van der Waals surface area contributed by atoms with Gasteiger partial charge in [-0.1, -0.05) is 12.1 Å². The van der Waals surface area contributed by atoms with Gasteiger partial charge in [-0.05, 0) is 61.5 Å². The van der Waals surface area contributed by atoms with Gasteiger partial charge in [0, 0.05) is 56.9 Å². The second kappa shape index (κ2) is 10.6. The average molecular weight is 528 g/mol. The molecular weight excluding hydrogens is 498 g/mol. The van der Waals surface area contributed by atoms with Crippen LogP contribution >= 0.6 is 0 Å². The first-order valence-corrected chi connectivity index (χ1v) is 12.6. The summed E-state index contributed by atoms with van der Waals surface area (Å²) in [7, 11) is 2.04. The lowest BCUT2D eigenvalue weighted by Crippen LogP contribution is -2.47. The molecule has 3 heterocycles. The number of amides is 1. The first-order valence-electron chi connectivity index (χ1n) is 12.6. The number of piperazine rings is 1. The van der Waals surface area contributed by atoms with E-state index in [4.69, 9.17) is 4.98 Å². The van der Waals surface area contributed by atoms with Crippen molar-refractivity contribution in [3.05, 3.63) is 77.1 Å². The Hall–Kier alpha value is -3.66. The van der Waals surface area contributed by atoms with Gasteiger partial charge < -0.3 is 20.0 Å². The van der Waals surface area contributed by atoms with Crippen molar-refractivity contribution in [2.24, 2.45) is 0 Å². The Labute approximate surface area is 218 Å². The van der Waals surface area contributed by atoms with Gasteiger partial charge in [0.25, 0.3) is 5.91 Å². The van der Waals surface area contributed by atoms with E-state index in [-0.39, 0.29) is 18.0 Å². The number of aromatic nitrogens is 1. The highest BCUT2D eigenvalue weighted by Gasteiger charge is 2.34. The van der Waals surface area contributed by atoms with Crippen molar-refractivity contribution in [1.82, 2.24) is 14.8 Å². The monoisotopic (exact) mass is 527 g/mol. The topological polar surface area (TPSA) is 51.7 Å². The molecule has 1 fully saturated rings. The van der Waals surface area contributed by atoms with Crippen molar-refractivity contribution >= 4 is 17.4 Å². The van der Waals surface area contributed by atoms with Crippen LogP contribution in [0.5, 0.6) is 0 Å². The maximum absolute atomic E-state index is 13.9. The first kappa shape index (κ1) is 26.0. The number of hydrogen-bond donors (Lipinski definition) is 1. The fourth-order valence-electron chi connectivity index (χ4n) is 4.89. The molecule has 3 aromatic rings. The van der Waals surface area contributed by atoms with Crippen LogP contribution in [-0.4, -0.2) is 67.0 Å². The van der Waals surface area contributed by atoms with Crippen molar-refractivity contribution in [2.45, 2.75) is 19.1 Å². The van der Waals surface area contributed by atoms with Crippen molar-refractivity contribution in [3.63, 3.8) is 0 Å². The Kier molecular flexibility index (Phi) is 7.25. The zero-order valence-electron chi connectivity index (χ0n) is 21.1. The molecule has 0 bridgehead atoms. The molecule has 5 rings (SSSR count). The van der Waals surface area contributed by atoms with Gasteiger partial charge in [-0.3, -0.25) is 4.79 Å². The smallest absolute Gasteiger partial charge is 0.382 e. The van der Waals surface area contributed by atoms with Gasteiger partial charge in [-0.25, -0.2) is 9.37 Å². The van der Waals surface area contributed by atoms with Gasteiger partial charge >= 0.3 is 6.18 Å². The van der Waals surface area contributed by atoms with Crippen molar-refractivity contribution < 1.29 is 22.4 Å². The molecule has 1 aromatic heterocycles. The van der Waals surface area contributed by atoms with Crippen LogP contribution < -0.4 is 10.2 Å². The second-order valence-corrected chi connectivity index (χ2v) is 9.74. The number of carbonyl (C=O) groups is 1. The summed E-state index contributed by atoms with van der Waals surface area (Å²) in [4.78, 5) is 23.5. The number of nitrogens with zero attached hydrogens (tertiary/aromatic N) is 4. The number of carbonyl (C=O) groups excluding carboxylic acids is 1. The summed E-state index contributed by atoms with van der Waals surface area (Å²) in [6, 6.07) is 13.5. The minimum absolute atomic E-state index is 0.00882. The summed E-state index contributed by atoms with van der Waals surface area (Å²) >= 11 is 0. The number of alkyl halides is 3. The van der Waals surface area contributed by atoms with E-state index >= 15 is 0 Å². The molecule has 1 N–H and O–H groups in total. The van der Waals surface area contributed by atoms with Crippen LogP contribution in [0.1, 0.15) is 27.9 Å². The number of benzene rings is 2. The maximum Gasteiger partial charge on any atom is 0.416 e. The van der Waals surface area contributed by atoms with Crippen LogP contribution in [-0.2, 0) is 12.7 Å². The van der Waals surface area contributed by atoms with Gasteiger partial charge in [0.05, 0.1) is 16.9 Å². The summed E-state index contributed by atoms with van der Waals surface area (Å²) in [5.41, 5.74) is 1.74. The third-order valence-electron chi connectivity index (χ3n) is 7.05. The highest BCUT2D eigenvalue weighted by atomic mass is 19.4. The highest BCUT2D eigenvalue weighted by molar-refractivity contribution is 5.94. The zero-order chi connectivity index (χ0) is 26.9. The maximum atomic E-state index is 13.9. The number of rotatable bonds is 4. The fourth-order valence-corrected chi connectivity index (χ4v) is 4.89. The minimum atomic E-state index is -4.59. The van der Waals surface area contributed by atoms with Crippen LogP contribution in [0.3, 0.4) is 0 Å². The fraction of sp³-hybridized carbons (Fsp3) is 0.357. The average Bonchev–Trinajstić information content (AvgIpc) is 3.10. The van der Waals surface area contributed by atoms with Gasteiger partial charge in [0.2, 0.25) is 0 Å². The van der Waals surface area contributed by atoms with E-state index in [1.807, 2.05) is 36.2 Å². The molecule has 2 aliphatic heterocycles. The summed E-state index contributed by atoms with van der Waals surface area (Å²) < 4.78 is 54.8. The van der Waals surface area contributed by atoms with E-state index in [2.05, 4.69) is 10.2 Å². The van der Waals surface area contributed by atoms with E-state index < -0.39 is 17.6 Å². The molecule has 10 heteroatoms. The number of halogens is 4. The number of hydrogen-bond acceptors (Lipinski definition) is 5. The van der Waals surface area contributed by atoms with Crippen LogP contribution in [0.4, 0.5) is 29.1 Å². The van der Waals surface area contributed by atoms with E-state index in [0.717, 1.165) is 36.9 Å². The predicted octanol–water partition coefficient (Wildman–Crippen LogP) is 5.12. The van der Waals surface area contributed by atoms with Gasteiger partial charge in [0.1, 0.15) is 5.82 Å². The second-order valence-electron chi connectivity index (χ2n) is 9.74. The molecule has 0 aliphatic carbocycles. The Morgan fingerprint density at radius 3 is 2.42 bits per heavy atom. The van der Waals surface area contributed by atoms with E-state index in [1.54, 1.807) is 17.0 Å². The lowest BCUT2D eigenvalue weighted by molar-refractivity contribution is -0.138. The van der Waals surface area contributed by atoms with Crippen LogP contribution in [0.2, 0.25) is 0 Å². The van der Waals surface area contributed by atoms with Crippen LogP contribution in [0.25, 0.3) is 11.3 Å². The molecular formula is C28H29F4N5O. The molecule has 2 aliphatic rings. The number of nitrogens with one attached hydrogen (secondary N) is 1. The molecule has 0 unspecified atom stereocenters. The summed E-state index contributed by atoms with van der Waals surface area (Å²) in [5.74, 6) is -0.213. The molecule has 0 saturated carbocycles. The Bertz CT molecular complexity index is 1300. The van der Waals surface area contributed by atoms with Gasteiger partial charge in [-0.2, -0.15) is 13.2 Å². The summed E-state index contributed by atoms with van der Waals surface area (Å²) in [6.07, 6.45) is -3.90. The lowest BCUT2D eigenvalue weighted by Gasteiger charge is -2.32. The van der Waals surface area contributed by atoms with Crippen molar-refractivity contribution in [2.75, 3.05) is 56.5 Å². The third kappa shape index (κ3) is 5.60. The van der Waals surface area contributed by atoms with Crippen LogP contribution in [0, 0.1) is 5.82 Å². The Balaban J connectivity index is 1.41. The predicted molar refractivity (Wildman–Crippen MR) is 139 cm³/mol. The number of anilines is 2. The summed E-state index contributed by atoms with van der Waals surface area (Å²) in [5, 5.41) is 3.29. The molecule has 6 nitrogen and oxygen atoms in total. The number of fused-ring (bicyclic) bond motifs is 1. The van der Waals surface area contributed by atoms with Crippen LogP contribution in [0.15, 0.2) is 54.6 Å². The molecule has 0 radical (unpaired) electrons. The highest BCUT2D eigenvalue weighted by Crippen LogP contribution is 2.36. The molecule has 1 amide bonds. The first-order chi connectivity index (χ1) is 18.2. The quantitative estimate of drug-likeness (QED) is 0.478. The lowest BCUT2D eigenvalue weighted by atomic mass is 10.1. The van der Waals surface area contributed by atoms with Gasteiger partial charge in [0.15, 0.2) is 5.82 Å². The Morgan fingerprint density at radius 2 is 1.71 bits per heavy atom. The SMILES string of the molecule is CN1CCN(C(=O)c2ccc(-c3ccc4c(n3)N(Cc3cc(F)ccc3C(F)(F)F)CCCN4)cc2)CC1. The minimum Gasteiger partial charge on any atom is -0.382 e. The Morgan fingerprint density at radius 1 is 0.974 bits per heavy atom. The largest absolute Gasteiger partial charge is 0.416 e. The van der Waals surface area contributed by atoms with E-state index in [9.17, 15) is 22.4 Å². The number of likely N-dealkylation sites (N-methyl/N-ethyl adjacent to an activating group) is 1. The molecule has 0 spiro atoms. The van der Waals surface area contributed by atoms with Gasteiger partial charge in [-0.15, -0.1) is 0 Å². The molecule has 2 aromatic carbocycles. The van der Waals surface area contributed by atoms with E-state index in [1.165, 1.54) is 0 Å². The summed E-state index contributed by atoms with van der Waals surface area (Å²) in [6.45, 7) is 4.03. The molecule has 0 atom stereocenters. The standard InChI is InChI=1S/C28H29F4N5O/c1-35-13-15-36(16-14-35)27(38)20-5-3-19(4-6-20)24-9-10-25-26(34-24)37(12-2-11-33-25)18-21-17-22(29)7-8-23(21)28(30,31)32/h3-10,17,33H,2,11-16,18H2,1H3. The van der Waals surface area contributed by atoms with Crippen molar-refractivity contribution in [1.29, 1.82) is 0 Å². The molecule has 1 saturated heterocycles. The zero-order valence-corrected chi connectivity index (χ0v) is 21.1. The molecule has 38 heavy (non-hydrogen) atoms. The third-order valence-corrected chi connectivity index (χ3v) is 7.05. The molecule has 200 valence electrons. The normalized spacial score (nSPS) is 16.6. The van der Waals surface area contributed by atoms with Crippen molar-refractivity contribution in [3.8, 4) is 11.3 Å². The number of pyridine rings is 1. The van der Waals surface area contributed by atoms with E-state index in [0.29, 0.717) is 55.4 Å².